The lowest BCUT2D eigenvalue weighted by molar-refractivity contribution is 0.0440. The largest absolute Gasteiger partial charge is 0.487 e. The molecule has 3 aromatic rings. The Balaban J connectivity index is 1.57. The van der Waals surface area contributed by atoms with Crippen LogP contribution in [0.1, 0.15) is 16.2 Å². The summed E-state index contributed by atoms with van der Waals surface area (Å²) in [5.74, 6) is -0.947. The van der Waals surface area contributed by atoms with Gasteiger partial charge in [0.05, 0.1) is 11.4 Å². The molecule has 0 saturated heterocycles. The third-order valence-corrected chi connectivity index (χ3v) is 3.37. The number of benzene rings is 2. The van der Waals surface area contributed by atoms with Gasteiger partial charge in [-0.15, -0.1) is 5.10 Å². The van der Waals surface area contributed by atoms with E-state index in [0.29, 0.717) is 5.69 Å². The minimum absolute atomic E-state index is 0.0230. The Kier molecular flexibility index (Phi) is 5.03. The van der Waals surface area contributed by atoms with Crippen LogP contribution in [0.4, 0.5) is 4.39 Å². The quantitative estimate of drug-likeness (QED) is 0.509. The topological polar surface area (TPSA) is 66.2 Å². The molecule has 0 spiro atoms. The normalized spacial score (nSPS) is 10.5. The van der Waals surface area contributed by atoms with Gasteiger partial charge in [-0.3, -0.25) is 0 Å². The van der Waals surface area contributed by atoms with Gasteiger partial charge < -0.3 is 9.47 Å². The van der Waals surface area contributed by atoms with E-state index >= 15 is 0 Å². The van der Waals surface area contributed by atoms with Gasteiger partial charge in [0, 0.05) is 0 Å². The fourth-order valence-corrected chi connectivity index (χ4v) is 2.16. The third kappa shape index (κ3) is 4.00. The van der Waals surface area contributed by atoms with Gasteiger partial charge in [-0.1, -0.05) is 30.3 Å². The number of halogens is 1. The van der Waals surface area contributed by atoms with Gasteiger partial charge in [0.1, 0.15) is 13.2 Å². The molecule has 0 aliphatic rings. The molecular formula is C18H16FN3O3. The number of aromatic nitrogens is 3. The van der Waals surface area contributed by atoms with Crippen LogP contribution in [0.25, 0.3) is 5.69 Å². The number of ether oxygens (including phenoxy) is 2. The van der Waals surface area contributed by atoms with E-state index in [1.807, 2.05) is 30.3 Å². The van der Waals surface area contributed by atoms with Crippen LogP contribution in [0, 0.1) is 12.7 Å². The maximum Gasteiger partial charge on any atom is 0.360 e. The first-order chi connectivity index (χ1) is 12.1. The zero-order chi connectivity index (χ0) is 17.6. The summed E-state index contributed by atoms with van der Waals surface area (Å²) in [7, 11) is 0. The Hall–Kier alpha value is -3.22. The molecule has 0 aliphatic heterocycles. The van der Waals surface area contributed by atoms with Gasteiger partial charge in [0.15, 0.2) is 17.3 Å². The molecule has 0 unspecified atom stereocenters. The van der Waals surface area contributed by atoms with Crippen LogP contribution in [0.2, 0.25) is 0 Å². The van der Waals surface area contributed by atoms with E-state index in [2.05, 4.69) is 10.2 Å². The molecule has 0 N–H and O–H groups in total. The molecule has 0 bridgehead atoms. The second-order valence-electron chi connectivity index (χ2n) is 5.17. The van der Waals surface area contributed by atoms with E-state index in [1.165, 1.54) is 16.9 Å². The van der Waals surface area contributed by atoms with Gasteiger partial charge in [-0.25, -0.2) is 9.18 Å². The van der Waals surface area contributed by atoms with Crippen molar-refractivity contribution in [3.05, 3.63) is 71.8 Å². The van der Waals surface area contributed by atoms with E-state index in [-0.39, 0.29) is 24.7 Å². The maximum absolute atomic E-state index is 13.4. The van der Waals surface area contributed by atoms with E-state index < -0.39 is 11.8 Å². The Morgan fingerprint density at radius 3 is 2.52 bits per heavy atom. The van der Waals surface area contributed by atoms with Crippen LogP contribution in [-0.4, -0.2) is 34.2 Å². The highest BCUT2D eigenvalue weighted by Gasteiger charge is 2.17. The minimum Gasteiger partial charge on any atom is -0.487 e. The predicted octanol–water partition coefficient (Wildman–Crippen LogP) is 2.95. The number of hydrogen-bond donors (Lipinski definition) is 0. The van der Waals surface area contributed by atoms with Gasteiger partial charge in [0.2, 0.25) is 0 Å². The molecule has 7 heteroatoms. The number of carbonyl (C=O) groups is 1. The summed E-state index contributed by atoms with van der Waals surface area (Å²) in [6, 6.07) is 15.3. The van der Waals surface area contributed by atoms with Gasteiger partial charge in [-0.2, -0.15) is 9.90 Å². The molecule has 0 aliphatic carbocycles. The molecule has 3 rings (SSSR count). The van der Waals surface area contributed by atoms with Crippen molar-refractivity contribution in [2.24, 2.45) is 0 Å². The first-order valence-electron chi connectivity index (χ1n) is 7.69. The first-order valence-corrected chi connectivity index (χ1v) is 7.69. The molecule has 25 heavy (non-hydrogen) atoms. The van der Waals surface area contributed by atoms with Crippen molar-refractivity contribution in [1.29, 1.82) is 0 Å². The van der Waals surface area contributed by atoms with Crippen molar-refractivity contribution < 1.29 is 18.7 Å². The van der Waals surface area contributed by atoms with Crippen molar-refractivity contribution in [1.82, 2.24) is 15.0 Å². The second kappa shape index (κ2) is 7.57. The maximum atomic E-state index is 13.4. The van der Waals surface area contributed by atoms with Gasteiger partial charge in [-0.05, 0) is 31.2 Å². The predicted molar refractivity (Wildman–Crippen MR) is 88.3 cm³/mol. The lowest BCUT2D eigenvalue weighted by atomic mass is 10.3. The Morgan fingerprint density at radius 2 is 1.76 bits per heavy atom. The first kappa shape index (κ1) is 16.6. The Bertz CT molecular complexity index is 865. The molecule has 0 atom stereocenters. The van der Waals surface area contributed by atoms with Crippen LogP contribution in [0.15, 0.2) is 54.6 Å². The molecule has 0 fully saturated rings. The van der Waals surface area contributed by atoms with Crippen molar-refractivity contribution in [3.63, 3.8) is 0 Å². The van der Waals surface area contributed by atoms with E-state index in [9.17, 15) is 9.18 Å². The summed E-state index contributed by atoms with van der Waals surface area (Å²) in [5.41, 5.74) is 1.34. The van der Waals surface area contributed by atoms with E-state index in [1.54, 1.807) is 19.1 Å². The van der Waals surface area contributed by atoms with Crippen LogP contribution in [0.3, 0.4) is 0 Å². The van der Waals surface area contributed by atoms with Crippen molar-refractivity contribution in [2.75, 3.05) is 13.2 Å². The average Bonchev–Trinajstić information content (AvgIpc) is 3.02. The molecule has 0 amide bonds. The number of rotatable bonds is 6. The third-order valence-electron chi connectivity index (χ3n) is 3.37. The second-order valence-corrected chi connectivity index (χ2v) is 5.17. The highest BCUT2D eigenvalue weighted by molar-refractivity contribution is 5.88. The number of para-hydroxylation sites is 2. The minimum atomic E-state index is -0.600. The van der Waals surface area contributed by atoms with Gasteiger partial charge >= 0.3 is 5.97 Å². The zero-order valence-corrected chi connectivity index (χ0v) is 13.6. The number of hydrogen-bond acceptors (Lipinski definition) is 5. The van der Waals surface area contributed by atoms with Crippen molar-refractivity contribution >= 4 is 5.97 Å². The van der Waals surface area contributed by atoms with Crippen LogP contribution in [-0.2, 0) is 4.74 Å². The van der Waals surface area contributed by atoms with Crippen LogP contribution < -0.4 is 4.74 Å². The molecule has 128 valence electrons. The lowest BCUT2D eigenvalue weighted by Crippen LogP contribution is -2.14. The smallest absolute Gasteiger partial charge is 0.360 e. The molecular weight excluding hydrogens is 325 g/mol. The van der Waals surface area contributed by atoms with E-state index in [0.717, 1.165) is 5.69 Å². The van der Waals surface area contributed by atoms with Crippen molar-refractivity contribution in [2.45, 2.75) is 6.92 Å². The molecule has 2 aromatic carbocycles. The molecule has 0 saturated carbocycles. The SMILES string of the molecule is Cc1nn(-c2ccccc2)nc1C(=O)OCCOc1ccccc1F. The summed E-state index contributed by atoms with van der Waals surface area (Å²) in [5, 5.41) is 8.37. The summed E-state index contributed by atoms with van der Waals surface area (Å²) >= 11 is 0. The number of nitrogens with zero attached hydrogens (tertiary/aromatic N) is 3. The number of esters is 1. The van der Waals surface area contributed by atoms with Gasteiger partial charge in [0.25, 0.3) is 0 Å². The standard InChI is InChI=1S/C18H16FN3O3/c1-13-17(21-22(20-13)14-7-3-2-4-8-14)18(23)25-12-11-24-16-10-6-5-9-15(16)19/h2-10H,11-12H2,1H3. The van der Waals surface area contributed by atoms with Crippen LogP contribution in [0.5, 0.6) is 5.75 Å². The summed E-state index contributed by atoms with van der Waals surface area (Å²) in [6.45, 7) is 1.70. The zero-order valence-electron chi connectivity index (χ0n) is 13.6. The fourth-order valence-electron chi connectivity index (χ4n) is 2.16. The molecule has 0 radical (unpaired) electrons. The molecule has 1 aromatic heterocycles. The van der Waals surface area contributed by atoms with E-state index in [4.69, 9.17) is 9.47 Å². The fraction of sp³-hybridized carbons (Fsp3) is 0.167. The van der Waals surface area contributed by atoms with Crippen LogP contribution >= 0.6 is 0 Å². The molecule has 1 heterocycles. The number of carbonyl (C=O) groups excluding carboxylic acids is 1. The molecule has 6 nitrogen and oxygen atoms in total. The summed E-state index contributed by atoms with van der Waals surface area (Å²) in [6.07, 6.45) is 0. The summed E-state index contributed by atoms with van der Waals surface area (Å²) < 4.78 is 23.8. The average molecular weight is 341 g/mol. The van der Waals surface area contributed by atoms with Crippen molar-refractivity contribution in [3.8, 4) is 11.4 Å². The monoisotopic (exact) mass is 341 g/mol. The summed E-state index contributed by atoms with van der Waals surface area (Å²) in [4.78, 5) is 13.5. The highest BCUT2D eigenvalue weighted by Crippen LogP contribution is 2.15. The number of aryl methyl sites for hydroxylation is 1. The lowest BCUT2D eigenvalue weighted by Gasteiger charge is -2.07. The Morgan fingerprint density at radius 1 is 1.04 bits per heavy atom. The highest BCUT2D eigenvalue weighted by atomic mass is 19.1. The Labute approximate surface area is 143 Å².